The van der Waals surface area contributed by atoms with Gasteiger partial charge in [-0.15, -0.1) is 11.3 Å². The van der Waals surface area contributed by atoms with Crippen LogP contribution in [0.4, 0.5) is 10.5 Å². The summed E-state index contributed by atoms with van der Waals surface area (Å²) in [6.45, 7) is 4.39. The summed E-state index contributed by atoms with van der Waals surface area (Å²) in [5, 5.41) is 6.17. The molecular formula is C19H21N3O2S. The Morgan fingerprint density at radius 1 is 1.28 bits per heavy atom. The molecule has 0 aliphatic rings. The molecule has 3 rings (SSSR count). The van der Waals surface area contributed by atoms with Crippen molar-refractivity contribution in [1.29, 1.82) is 0 Å². The van der Waals surface area contributed by atoms with Gasteiger partial charge in [0, 0.05) is 24.5 Å². The smallest absolute Gasteiger partial charge is 0.322 e. The molecule has 0 fully saturated rings. The molecule has 2 heterocycles. The number of aromatic nitrogens is 1. The van der Waals surface area contributed by atoms with Gasteiger partial charge in [0.1, 0.15) is 5.69 Å². The number of rotatable bonds is 5. The molecule has 0 aliphatic heterocycles. The molecule has 6 heteroatoms. The predicted molar refractivity (Wildman–Crippen MR) is 102 cm³/mol. The molecule has 3 aromatic rings. The normalized spacial score (nSPS) is 10.9. The van der Waals surface area contributed by atoms with Crippen LogP contribution in [0.2, 0.25) is 0 Å². The number of nitrogens with zero attached hydrogens (tertiary/aromatic N) is 2. The molecule has 2 aromatic heterocycles. The van der Waals surface area contributed by atoms with Crippen molar-refractivity contribution in [3.63, 3.8) is 0 Å². The SMILES string of the molecule is CC(C)Oc1ncccc1NC(=O)N(C)Cc1csc2ccccc12. The van der Waals surface area contributed by atoms with Gasteiger partial charge in [0.05, 0.1) is 6.10 Å². The zero-order chi connectivity index (χ0) is 17.8. The lowest BCUT2D eigenvalue weighted by Gasteiger charge is -2.19. The molecule has 0 bridgehead atoms. The molecule has 0 unspecified atom stereocenters. The number of thiophene rings is 1. The summed E-state index contributed by atoms with van der Waals surface area (Å²) in [6, 6.07) is 11.6. The van der Waals surface area contributed by atoms with E-state index in [0.717, 1.165) is 5.56 Å². The number of anilines is 1. The van der Waals surface area contributed by atoms with Gasteiger partial charge in [0.2, 0.25) is 5.88 Å². The highest BCUT2D eigenvalue weighted by Crippen LogP contribution is 2.27. The van der Waals surface area contributed by atoms with Gasteiger partial charge in [-0.25, -0.2) is 9.78 Å². The van der Waals surface area contributed by atoms with Gasteiger partial charge >= 0.3 is 6.03 Å². The fourth-order valence-corrected chi connectivity index (χ4v) is 3.45. The van der Waals surface area contributed by atoms with Crippen LogP contribution in [-0.2, 0) is 6.54 Å². The summed E-state index contributed by atoms with van der Waals surface area (Å²) in [6.07, 6.45) is 1.63. The van der Waals surface area contributed by atoms with Crippen molar-refractivity contribution in [3.8, 4) is 5.88 Å². The minimum absolute atomic E-state index is 0.0135. The van der Waals surface area contributed by atoms with Crippen LogP contribution in [0.1, 0.15) is 19.4 Å². The average Bonchev–Trinajstić information content (AvgIpc) is 2.99. The Morgan fingerprint density at radius 2 is 2.08 bits per heavy atom. The standard InChI is InChI=1S/C19H21N3O2S/c1-13(2)24-18-16(8-6-10-20-18)21-19(23)22(3)11-14-12-25-17-9-5-4-7-15(14)17/h4-10,12-13H,11H2,1-3H3,(H,21,23). The minimum Gasteiger partial charge on any atom is -0.473 e. The van der Waals surface area contributed by atoms with E-state index in [1.165, 1.54) is 10.1 Å². The molecule has 130 valence electrons. The van der Waals surface area contributed by atoms with Crippen LogP contribution < -0.4 is 10.1 Å². The van der Waals surface area contributed by atoms with Crippen molar-refractivity contribution in [2.45, 2.75) is 26.5 Å². The first-order valence-electron chi connectivity index (χ1n) is 8.13. The van der Waals surface area contributed by atoms with E-state index < -0.39 is 0 Å². The van der Waals surface area contributed by atoms with Gasteiger partial charge in [0.25, 0.3) is 0 Å². The van der Waals surface area contributed by atoms with Crippen LogP contribution in [-0.4, -0.2) is 29.1 Å². The van der Waals surface area contributed by atoms with E-state index in [2.05, 4.69) is 27.8 Å². The Morgan fingerprint density at radius 3 is 2.88 bits per heavy atom. The van der Waals surface area contributed by atoms with Crippen LogP contribution in [0.5, 0.6) is 5.88 Å². The molecule has 0 saturated heterocycles. The first kappa shape index (κ1) is 17.2. The van der Waals surface area contributed by atoms with Crippen molar-refractivity contribution >= 4 is 33.1 Å². The topological polar surface area (TPSA) is 54.5 Å². The largest absolute Gasteiger partial charge is 0.473 e. The Hall–Kier alpha value is -2.60. The fourth-order valence-electron chi connectivity index (χ4n) is 2.50. The highest BCUT2D eigenvalue weighted by atomic mass is 32.1. The van der Waals surface area contributed by atoms with Crippen LogP contribution in [0.3, 0.4) is 0 Å². The number of amides is 2. The second-order valence-corrected chi connectivity index (χ2v) is 6.98. The van der Waals surface area contributed by atoms with Crippen LogP contribution in [0.15, 0.2) is 48.0 Å². The number of hydrogen-bond acceptors (Lipinski definition) is 4. The quantitative estimate of drug-likeness (QED) is 0.719. The average molecular weight is 355 g/mol. The number of carbonyl (C=O) groups excluding carboxylic acids is 1. The molecule has 0 spiro atoms. The van der Waals surface area contributed by atoms with Gasteiger partial charge in [-0.3, -0.25) is 0 Å². The molecule has 2 amide bonds. The molecule has 1 aromatic carbocycles. The Balaban J connectivity index is 1.71. The van der Waals surface area contributed by atoms with Gasteiger partial charge in [-0.05, 0) is 48.4 Å². The number of fused-ring (bicyclic) bond motifs is 1. The molecule has 0 radical (unpaired) electrons. The maximum Gasteiger partial charge on any atom is 0.322 e. The number of benzene rings is 1. The summed E-state index contributed by atoms with van der Waals surface area (Å²) in [5.41, 5.74) is 1.71. The van der Waals surface area contributed by atoms with E-state index >= 15 is 0 Å². The Bertz CT molecular complexity index is 876. The van der Waals surface area contributed by atoms with Gasteiger partial charge in [-0.2, -0.15) is 0 Å². The van der Waals surface area contributed by atoms with E-state index in [0.29, 0.717) is 18.1 Å². The van der Waals surface area contributed by atoms with E-state index in [1.807, 2.05) is 26.0 Å². The molecule has 1 N–H and O–H groups in total. The number of ether oxygens (including phenoxy) is 1. The van der Waals surface area contributed by atoms with Gasteiger partial charge < -0.3 is 15.0 Å². The van der Waals surface area contributed by atoms with Crippen molar-refractivity contribution in [1.82, 2.24) is 9.88 Å². The summed E-state index contributed by atoms with van der Waals surface area (Å²) in [5.74, 6) is 0.431. The third kappa shape index (κ3) is 4.09. The number of nitrogens with one attached hydrogen (secondary N) is 1. The first-order valence-corrected chi connectivity index (χ1v) is 9.01. The lowest BCUT2D eigenvalue weighted by molar-refractivity contribution is 0.219. The highest BCUT2D eigenvalue weighted by Gasteiger charge is 2.15. The summed E-state index contributed by atoms with van der Waals surface area (Å²) in [4.78, 5) is 18.4. The van der Waals surface area contributed by atoms with Gasteiger partial charge in [-0.1, -0.05) is 18.2 Å². The predicted octanol–water partition coefficient (Wildman–Crippen LogP) is 4.75. The van der Waals surface area contributed by atoms with Crippen LogP contribution in [0.25, 0.3) is 10.1 Å². The zero-order valence-electron chi connectivity index (χ0n) is 14.5. The van der Waals surface area contributed by atoms with E-state index in [1.54, 1.807) is 41.6 Å². The Labute approximate surface area is 151 Å². The third-order valence-corrected chi connectivity index (χ3v) is 4.69. The summed E-state index contributed by atoms with van der Waals surface area (Å²) >= 11 is 1.69. The van der Waals surface area contributed by atoms with E-state index in [-0.39, 0.29) is 12.1 Å². The maximum absolute atomic E-state index is 12.5. The number of pyridine rings is 1. The first-order chi connectivity index (χ1) is 12.0. The van der Waals surface area contributed by atoms with Crippen molar-refractivity contribution in [2.75, 3.05) is 12.4 Å². The minimum atomic E-state index is -0.197. The second-order valence-electron chi connectivity index (χ2n) is 6.07. The molecule has 0 saturated carbocycles. The third-order valence-electron chi connectivity index (χ3n) is 3.68. The number of hydrogen-bond donors (Lipinski definition) is 1. The van der Waals surface area contributed by atoms with Crippen LogP contribution in [0, 0.1) is 0 Å². The summed E-state index contributed by atoms with van der Waals surface area (Å²) in [7, 11) is 1.78. The molecule has 5 nitrogen and oxygen atoms in total. The Kier molecular flexibility index (Phi) is 5.19. The second kappa shape index (κ2) is 7.53. The zero-order valence-corrected chi connectivity index (χ0v) is 15.3. The van der Waals surface area contributed by atoms with Crippen molar-refractivity contribution in [2.24, 2.45) is 0 Å². The van der Waals surface area contributed by atoms with Crippen molar-refractivity contribution in [3.05, 3.63) is 53.5 Å². The van der Waals surface area contributed by atoms with E-state index in [4.69, 9.17) is 4.74 Å². The molecule has 0 aliphatic carbocycles. The number of carbonyl (C=O) groups is 1. The molecule has 0 atom stereocenters. The monoisotopic (exact) mass is 355 g/mol. The van der Waals surface area contributed by atoms with Crippen LogP contribution >= 0.6 is 11.3 Å². The highest BCUT2D eigenvalue weighted by molar-refractivity contribution is 7.17. The number of urea groups is 1. The lowest BCUT2D eigenvalue weighted by atomic mass is 10.2. The van der Waals surface area contributed by atoms with Crippen molar-refractivity contribution < 1.29 is 9.53 Å². The van der Waals surface area contributed by atoms with Gasteiger partial charge in [0.15, 0.2) is 0 Å². The summed E-state index contributed by atoms with van der Waals surface area (Å²) < 4.78 is 6.87. The molecular weight excluding hydrogens is 334 g/mol. The fraction of sp³-hybridized carbons (Fsp3) is 0.263. The maximum atomic E-state index is 12.5. The lowest BCUT2D eigenvalue weighted by Crippen LogP contribution is -2.31. The van der Waals surface area contributed by atoms with E-state index in [9.17, 15) is 4.79 Å². The molecule has 25 heavy (non-hydrogen) atoms.